The van der Waals surface area contributed by atoms with Gasteiger partial charge in [-0.15, -0.1) is 0 Å². The van der Waals surface area contributed by atoms with Crippen molar-refractivity contribution in [3.63, 3.8) is 0 Å². The van der Waals surface area contributed by atoms with Crippen molar-refractivity contribution in [1.29, 1.82) is 0 Å². The van der Waals surface area contributed by atoms with Crippen molar-refractivity contribution in [3.8, 4) is 0 Å². The minimum Gasteiger partial charge on any atom is -0.347 e. The average Bonchev–Trinajstić information content (AvgIpc) is 3.31. The molecule has 2 aliphatic rings. The van der Waals surface area contributed by atoms with E-state index in [4.69, 9.17) is 9.47 Å². The fourth-order valence-electron chi connectivity index (χ4n) is 4.65. The Hall–Kier alpha value is -2.85. The number of benzene rings is 2. The number of fused-ring (bicyclic) bond motifs is 1. The van der Waals surface area contributed by atoms with Crippen LogP contribution in [-0.4, -0.2) is 62.3 Å². The van der Waals surface area contributed by atoms with Gasteiger partial charge < -0.3 is 14.4 Å². The van der Waals surface area contributed by atoms with Crippen molar-refractivity contribution >= 4 is 26.8 Å². The highest BCUT2D eigenvalue weighted by molar-refractivity contribution is 7.89. The van der Waals surface area contributed by atoms with Gasteiger partial charge in [0.2, 0.25) is 15.9 Å². The average molecular weight is 482 g/mol. The maximum Gasteiger partial charge on any atom is 0.243 e. The predicted octanol–water partition coefficient (Wildman–Crippen LogP) is 2.49. The number of nitrogens with zero attached hydrogens (tertiary/aromatic N) is 2. The number of para-hydroxylation sites is 1. The summed E-state index contributed by atoms with van der Waals surface area (Å²) in [5, 5.41) is 0.717. The zero-order valence-electron chi connectivity index (χ0n) is 18.7. The number of hydrogen-bond donors (Lipinski definition) is 1. The lowest BCUT2D eigenvalue weighted by molar-refractivity contribution is -0.187. The molecule has 0 bridgehead atoms. The molecule has 0 unspecified atom stereocenters. The lowest BCUT2D eigenvalue weighted by Gasteiger charge is -2.38. The number of hydrogen-bond acceptors (Lipinski definition) is 6. The van der Waals surface area contributed by atoms with Gasteiger partial charge in [-0.3, -0.25) is 9.78 Å². The number of nitrogens with one attached hydrogen (secondary N) is 1. The van der Waals surface area contributed by atoms with Crippen molar-refractivity contribution in [2.75, 3.05) is 26.3 Å². The van der Waals surface area contributed by atoms with Gasteiger partial charge in [0.1, 0.15) is 10.9 Å². The largest absolute Gasteiger partial charge is 0.347 e. The second-order valence-corrected chi connectivity index (χ2v) is 10.3. The third-order valence-corrected chi connectivity index (χ3v) is 7.92. The van der Waals surface area contributed by atoms with Gasteiger partial charge in [-0.1, -0.05) is 48.5 Å². The quantitative estimate of drug-likeness (QED) is 0.581. The standard InChI is InChI=1S/C25H27N3O5S/c29-24(28-14-11-25(12-15-28)32-16-17-33-25)21(18-19-6-2-1-3-7-19)27-34(30,31)22-10-4-8-20-9-5-13-26-23(20)22/h1-10,13,21,27H,11-12,14-18H2/t21-/m1/s1. The Balaban J connectivity index is 1.41. The number of carbonyl (C=O) groups excluding carboxylic acids is 1. The molecule has 1 spiro atoms. The maximum atomic E-state index is 13.6. The molecule has 9 heteroatoms. The third kappa shape index (κ3) is 4.69. The van der Waals surface area contributed by atoms with Crippen LogP contribution >= 0.6 is 0 Å². The van der Waals surface area contributed by atoms with Crippen LogP contribution in [0.3, 0.4) is 0 Å². The van der Waals surface area contributed by atoms with Crippen LogP contribution in [0.15, 0.2) is 71.8 Å². The summed E-state index contributed by atoms with van der Waals surface area (Å²) in [6.45, 7) is 2.01. The second-order valence-electron chi connectivity index (χ2n) is 8.63. The lowest BCUT2D eigenvalue weighted by Crippen LogP contribution is -2.54. The first kappa shape index (κ1) is 22.9. The van der Waals surface area contributed by atoms with E-state index in [0.29, 0.717) is 50.0 Å². The maximum absolute atomic E-state index is 13.6. The van der Waals surface area contributed by atoms with Gasteiger partial charge in [-0.2, -0.15) is 4.72 Å². The van der Waals surface area contributed by atoms with Crippen LogP contribution < -0.4 is 4.72 Å². The molecule has 0 saturated carbocycles. The minimum absolute atomic E-state index is 0.0572. The first-order valence-corrected chi connectivity index (χ1v) is 12.9. The van der Waals surface area contributed by atoms with Gasteiger partial charge in [0, 0.05) is 37.5 Å². The van der Waals surface area contributed by atoms with Crippen molar-refractivity contribution in [2.45, 2.75) is 36.0 Å². The Bertz CT molecular complexity index is 1260. The van der Waals surface area contributed by atoms with E-state index in [2.05, 4.69) is 9.71 Å². The van der Waals surface area contributed by atoms with Crippen LogP contribution in [0.1, 0.15) is 18.4 Å². The molecule has 2 saturated heterocycles. The normalized spacial score (nSPS) is 18.9. The van der Waals surface area contributed by atoms with Crippen LogP contribution in [0.4, 0.5) is 0 Å². The van der Waals surface area contributed by atoms with Crippen LogP contribution in [0.25, 0.3) is 10.9 Å². The molecular formula is C25H27N3O5S. The van der Waals surface area contributed by atoms with Crippen molar-refractivity contribution < 1.29 is 22.7 Å². The molecule has 2 aliphatic heterocycles. The Morgan fingerprint density at radius 2 is 1.71 bits per heavy atom. The molecule has 1 N–H and O–H groups in total. The summed E-state index contributed by atoms with van der Waals surface area (Å²) in [4.78, 5) is 19.6. The van der Waals surface area contributed by atoms with E-state index in [-0.39, 0.29) is 17.2 Å². The van der Waals surface area contributed by atoms with Crippen LogP contribution in [0, 0.1) is 0 Å². The van der Waals surface area contributed by atoms with E-state index in [9.17, 15) is 13.2 Å². The SMILES string of the molecule is O=C([C@@H](Cc1ccccc1)NS(=O)(=O)c1cccc2cccnc12)N1CCC2(CC1)OCCO2. The number of likely N-dealkylation sites (tertiary alicyclic amines) is 1. The summed E-state index contributed by atoms with van der Waals surface area (Å²) in [5.41, 5.74) is 1.24. The lowest BCUT2D eigenvalue weighted by atomic mass is 10.0. The van der Waals surface area contributed by atoms with Gasteiger partial charge in [0.05, 0.1) is 18.7 Å². The van der Waals surface area contributed by atoms with Crippen molar-refractivity contribution in [2.24, 2.45) is 0 Å². The highest BCUT2D eigenvalue weighted by Gasteiger charge is 2.42. The highest BCUT2D eigenvalue weighted by Crippen LogP contribution is 2.31. The number of piperidine rings is 1. The van der Waals surface area contributed by atoms with Gasteiger partial charge >= 0.3 is 0 Å². The molecule has 3 aromatic rings. The monoisotopic (exact) mass is 481 g/mol. The smallest absolute Gasteiger partial charge is 0.243 e. The number of amides is 1. The number of rotatable bonds is 6. The number of ether oxygens (including phenoxy) is 2. The molecular weight excluding hydrogens is 454 g/mol. The predicted molar refractivity (Wildman–Crippen MR) is 126 cm³/mol. The van der Waals surface area contributed by atoms with Crippen LogP contribution in [0.5, 0.6) is 0 Å². The van der Waals surface area contributed by atoms with E-state index in [1.54, 1.807) is 23.2 Å². The molecule has 8 nitrogen and oxygen atoms in total. The fourth-order valence-corrected chi connectivity index (χ4v) is 6.02. The summed E-state index contributed by atoms with van der Waals surface area (Å²) in [6, 6.07) is 17.0. The van der Waals surface area contributed by atoms with Crippen molar-refractivity contribution in [3.05, 3.63) is 72.4 Å². The Labute approximate surface area is 198 Å². The van der Waals surface area contributed by atoms with E-state index in [1.807, 2.05) is 42.5 Å². The first-order chi connectivity index (χ1) is 16.5. The third-order valence-electron chi connectivity index (χ3n) is 6.41. The molecule has 0 radical (unpaired) electrons. The molecule has 0 aliphatic carbocycles. The second kappa shape index (κ2) is 9.42. The summed E-state index contributed by atoms with van der Waals surface area (Å²) >= 11 is 0. The summed E-state index contributed by atoms with van der Waals surface area (Å²) in [5.74, 6) is -0.867. The zero-order valence-corrected chi connectivity index (χ0v) is 19.5. The minimum atomic E-state index is -4.02. The Morgan fingerprint density at radius 1 is 1.00 bits per heavy atom. The highest BCUT2D eigenvalue weighted by atomic mass is 32.2. The van der Waals surface area contributed by atoms with Gasteiger partial charge in [0.25, 0.3) is 0 Å². The molecule has 34 heavy (non-hydrogen) atoms. The molecule has 1 aromatic heterocycles. The molecule has 3 heterocycles. The summed E-state index contributed by atoms with van der Waals surface area (Å²) < 4.78 is 41.2. The number of aromatic nitrogens is 1. The van der Waals surface area contributed by atoms with Crippen LogP contribution in [0.2, 0.25) is 0 Å². The Morgan fingerprint density at radius 3 is 2.44 bits per heavy atom. The number of pyridine rings is 1. The zero-order chi connectivity index (χ0) is 23.6. The van der Waals surface area contributed by atoms with E-state index < -0.39 is 21.9 Å². The molecule has 2 fully saturated rings. The molecule has 5 rings (SSSR count). The molecule has 178 valence electrons. The molecule has 1 atom stereocenters. The van der Waals surface area contributed by atoms with Crippen LogP contribution in [-0.2, 0) is 30.7 Å². The number of carbonyl (C=O) groups is 1. The van der Waals surface area contributed by atoms with Gasteiger partial charge in [-0.05, 0) is 24.1 Å². The fraction of sp³-hybridized carbons (Fsp3) is 0.360. The topological polar surface area (TPSA) is 97.8 Å². The number of sulfonamides is 1. The Kier molecular flexibility index (Phi) is 6.35. The van der Waals surface area contributed by atoms with Gasteiger partial charge in [-0.25, -0.2) is 8.42 Å². The van der Waals surface area contributed by atoms with E-state index in [0.717, 1.165) is 5.56 Å². The van der Waals surface area contributed by atoms with E-state index in [1.165, 1.54) is 6.07 Å². The summed E-state index contributed by atoms with van der Waals surface area (Å²) in [7, 11) is -4.02. The van der Waals surface area contributed by atoms with E-state index >= 15 is 0 Å². The van der Waals surface area contributed by atoms with Gasteiger partial charge in [0.15, 0.2) is 5.79 Å². The molecule has 1 amide bonds. The summed E-state index contributed by atoms with van der Waals surface area (Å²) in [6.07, 6.45) is 2.93. The first-order valence-electron chi connectivity index (χ1n) is 11.4. The van der Waals surface area contributed by atoms with Crippen molar-refractivity contribution in [1.82, 2.24) is 14.6 Å². The molecule has 2 aromatic carbocycles.